The van der Waals surface area contributed by atoms with Gasteiger partial charge in [0.1, 0.15) is 5.75 Å². The van der Waals surface area contributed by atoms with E-state index in [9.17, 15) is 4.57 Å². The van der Waals surface area contributed by atoms with Crippen LogP contribution < -0.4 is 4.52 Å². The van der Waals surface area contributed by atoms with E-state index >= 15 is 0 Å². The maximum atomic E-state index is 11.1. The van der Waals surface area contributed by atoms with Crippen molar-refractivity contribution in [1.29, 1.82) is 0 Å². The molecule has 2 aliphatic rings. The average Bonchev–Trinajstić information content (AvgIpc) is 3.58. The van der Waals surface area contributed by atoms with E-state index in [1.165, 1.54) is 12.1 Å². The number of benzene rings is 1. The molecule has 3 aromatic heterocycles. The number of fused-ring (bicyclic) bond motifs is 8. The van der Waals surface area contributed by atoms with Gasteiger partial charge in [0, 0.05) is 27.6 Å². The Labute approximate surface area is 199 Å². The highest BCUT2D eigenvalue weighted by Gasteiger charge is 2.17. The Kier molecular flexibility index (Phi) is 5.00. The van der Waals surface area contributed by atoms with Gasteiger partial charge in [-0.15, -0.1) is 0 Å². The molecule has 4 N–H and O–H groups in total. The summed E-state index contributed by atoms with van der Waals surface area (Å²) in [5.41, 5.74) is 8.62. The second-order valence-corrected chi connectivity index (χ2v) is 9.36. The second kappa shape index (κ2) is 8.21. The Balaban J connectivity index is 1.52. The first-order chi connectivity index (χ1) is 16.9. The van der Waals surface area contributed by atoms with E-state index in [0.717, 1.165) is 56.0 Å². The lowest BCUT2D eigenvalue weighted by molar-refractivity contribution is 0.283. The zero-order chi connectivity index (χ0) is 24.0. The normalized spacial score (nSPS) is 13.0. The molecule has 0 spiro atoms. The van der Waals surface area contributed by atoms with Crippen molar-refractivity contribution in [1.82, 2.24) is 19.9 Å². The lowest BCUT2D eigenvalue weighted by Crippen LogP contribution is -1.91. The van der Waals surface area contributed by atoms with Crippen molar-refractivity contribution in [2.75, 3.05) is 0 Å². The van der Waals surface area contributed by atoms with Gasteiger partial charge >= 0.3 is 7.82 Å². The molecule has 172 valence electrons. The van der Waals surface area contributed by atoms with Crippen molar-refractivity contribution < 1.29 is 18.9 Å². The summed E-state index contributed by atoms with van der Waals surface area (Å²) < 4.78 is 15.8. The first-order valence-electron chi connectivity index (χ1n) is 10.8. The Bertz CT molecular complexity index is 1730. The van der Waals surface area contributed by atoms with E-state index in [1.807, 2.05) is 66.8 Å². The minimum absolute atomic E-state index is 0.0878. The number of H-pyrrole nitrogens is 2. The molecule has 0 saturated heterocycles. The van der Waals surface area contributed by atoms with Gasteiger partial charge in [0.2, 0.25) is 0 Å². The zero-order valence-electron chi connectivity index (χ0n) is 18.2. The third kappa shape index (κ3) is 4.72. The topological polar surface area (TPSA) is 124 Å². The summed E-state index contributed by atoms with van der Waals surface area (Å²) in [5, 5.41) is 0. The van der Waals surface area contributed by atoms with Crippen LogP contribution >= 0.6 is 7.82 Å². The van der Waals surface area contributed by atoms with Crippen LogP contribution in [-0.2, 0) is 4.57 Å². The van der Waals surface area contributed by atoms with Crippen molar-refractivity contribution in [2.24, 2.45) is 0 Å². The molecule has 0 atom stereocenters. The number of nitrogens with one attached hydrogen (secondary N) is 2. The smallest absolute Gasteiger partial charge is 0.404 e. The SMILES string of the molecule is O=P(O)(O)Oc1ccc(C2=Cc3cc4ccc(cc5ccc(cc6nc(cc2n3)C=C6)[nH]5)[nH]4)cc1. The number of aromatic nitrogens is 4. The molecule has 5 heterocycles. The minimum atomic E-state index is -4.62. The molecule has 2 aliphatic heterocycles. The highest BCUT2D eigenvalue weighted by molar-refractivity contribution is 7.46. The summed E-state index contributed by atoms with van der Waals surface area (Å²) in [6.45, 7) is 0. The lowest BCUT2D eigenvalue weighted by Gasteiger charge is -2.08. The molecule has 0 aliphatic carbocycles. The van der Waals surface area contributed by atoms with Crippen molar-refractivity contribution in [2.45, 2.75) is 0 Å². The predicted octanol–water partition coefficient (Wildman–Crippen LogP) is 5.55. The third-order valence-corrected chi connectivity index (χ3v) is 6.00. The molecule has 0 fully saturated rings. The molecule has 0 amide bonds. The highest BCUT2D eigenvalue weighted by Crippen LogP contribution is 2.38. The van der Waals surface area contributed by atoms with Gasteiger partial charge in [-0.05, 0) is 84.5 Å². The first-order valence-corrected chi connectivity index (χ1v) is 12.3. The van der Waals surface area contributed by atoms with Crippen LogP contribution in [0, 0.1) is 0 Å². The van der Waals surface area contributed by atoms with Gasteiger partial charge in [0.25, 0.3) is 0 Å². The van der Waals surface area contributed by atoms with E-state index in [-0.39, 0.29) is 5.75 Å². The number of hydrogen-bond acceptors (Lipinski definition) is 4. The van der Waals surface area contributed by atoms with Gasteiger partial charge < -0.3 is 14.5 Å². The number of aromatic amines is 2. The number of phosphoric acid groups is 1. The number of nitrogens with zero attached hydrogens (tertiary/aromatic N) is 2. The zero-order valence-corrected chi connectivity index (χ0v) is 19.1. The number of hydrogen-bond donors (Lipinski definition) is 4. The maximum absolute atomic E-state index is 11.1. The fourth-order valence-corrected chi connectivity index (χ4v) is 4.47. The van der Waals surface area contributed by atoms with Crippen molar-refractivity contribution in [3.05, 3.63) is 101 Å². The van der Waals surface area contributed by atoms with E-state index in [0.29, 0.717) is 0 Å². The summed E-state index contributed by atoms with van der Waals surface area (Å²) in [6, 6.07) is 22.5. The molecule has 0 radical (unpaired) electrons. The Morgan fingerprint density at radius 2 is 1.26 bits per heavy atom. The fraction of sp³-hybridized carbons (Fsp3) is 0. The summed E-state index contributed by atoms with van der Waals surface area (Å²) >= 11 is 0. The molecule has 0 saturated carbocycles. The molecule has 35 heavy (non-hydrogen) atoms. The Morgan fingerprint density at radius 1 is 0.686 bits per heavy atom. The van der Waals surface area contributed by atoms with Crippen LogP contribution in [0.5, 0.6) is 5.75 Å². The van der Waals surface area contributed by atoms with Crippen LogP contribution in [0.3, 0.4) is 0 Å². The van der Waals surface area contributed by atoms with E-state index < -0.39 is 7.82 Å². The largest absolute Gasteiger partial charge is 0.524 e. The van der Waals surface area contributed by atoms with Gasteiger partial charge in [-0.2, -0.15) is 0 Å². The van der Waals surface area contributed by atoms with Gasteiger partial charge in [0.05, 0.1) is 22.8 Å². The van der Waals surface area contributed by atoms with Crippen LogP contribution in [0.25, 0.3) is 45.9 Å². The molecule has 6 rings (SSSR count). The molecule has 8 nitrogen and oxygen atoms in total. The monoisotopic (exact) mass is 482 g/mol. The van der Waals surface area contributed by atoms with E-state index in [4.69, 9.17) is 19.8 Å². The summed E-state index contributed by atoms with van der Waals surface area (Å²) in [5.74, 6) is 0.0878. The summed E-state index contributed by atoms with van der Waals surface area (Å²) in [7, 11) is -4.62. The van der Waals surface area contributed by atoms with Crippen LogP contribution in [0.15, 0.2) is 72.8 Å². The van der Waals surface area contributed by atoms with Gasteiger partial charge in [-0.25, -0.2) is 14.5 Å². The predicted molar refractivity (Wildman–Crippen MR) is 136 cm³/mol. The van der Waals surface area contributed by atoms with E-state index in [2.05, 4.69) is 14.5 Å². The Morgan fingerprint density at radius 3 is 1.89 bits per heavy atom. The molecule has 8 bridgehead atoms. The highest BCUT2D eigenvalue weighted by atomic mass is 31.2. The molecule has 4 aromatic rings. The molecular formula is C26H19N4O4P. The van der Waals surface area contributed by atoms with E-state index in [1.54, 1.807) is 12.1 Å². The average molecular weight is 482 g/mol. The standard InChI is InChI=1S/C26H19N4O4P/c31-35(32,33)34-24-9-1-16(2-10-24)25-14-23-13-21-6-5-19(28-21)11-17-3-4-18(27-17)12-20-7-8-22(29-20)15-26(25)30-23/h1-15,27-28H,(H2,31,32,33). The van der Waals surface area contributed by atoms with Crippen LogP contribution in [0.1, 0.15) is 28.3 Å². The molecule has 0 unspecified atom stereocenters. The van der Waals surface area contributed by atoms with Crippen LogP contribution in [-0.4, -0.2) is 29.7 Å². The van der Waals surface area contributed by atoms with Gasteiger partial charge in [-0.1, -0.05) is 12.1 Å². The number of rotatable bonds is 3. The molecule has 1 aromatic carbocycles. The van der Waals surface area contributed by atoms with Crippen molar-refractivity contribution >= 4 is 53.7 Å². The van der Waals surface area contributed by atoms with Crippen LogP contribution in [0.2, 0.25) is 0 Å². The van der Waals surface area contributed by atoms with Gasteiger partial charge in [-0.3, -0.25) is 9.79 Å². The minimum Gasteiger partial charge on any atom is -0.404 e. The Hall–Kier alpha value is -4.23. The van der Waals surface area contributed by atoms with Crippen LogP contribution in [0.4, 0.5) is 0 Å². The number of phosphoric ester groups is 1. The van der Waals surface area contributed by atoms with Crippen molar-refractivity contribution in [3.8, 4) is 5.75 Å². The lowest BCUT2D eigenvalue weighted by atomic mass is 10.0. The third-order valence-electron chi connectivity index (χ3n) is 5.56. The maximum Gasteiger partial charge on any atom is 0.524 e. The first kappa shape index (κ1) is 21.3. The fourth-order valence-electron chi connectivity index (χ4n) is 4.08. The summed E-state index contributed by atoms with van der Waals surface area (Å²) in [6.07, 6.45) is 5.87. The van der Waals surface area contributed by atoms with Crippen molar-refractivity contribution in [3.63, 3.8) is 0 Å². The van der Waals surface area contributed by atoms with Gasteiger partial charge in [0.15, 0.2) is 0 Å². The second-order valence-electron chi connectivity index (χ2n) is 8.20. The summed E-state index contributed by atoms with van der Waals surface area (Å²) in [4.78, 5) is 34.4. The molecule has 9 heteroatoms. The molecular weight excluding hydrogens is 463 g/mol. The quantitative estimate of drug-likeness (QED) is 0.245.